The Bertz CT molecular complexity index is 627. The van der Waals surface area contributed by atoms with Crippen LogP contribution in [0.2, 0.25) is 0 Å². The van der Waals surface area contributed by atoms with Gasteiger partial charge in [-0.15, -0.1) is 0 Å². The lowest BCUT2D eigenvalue weighted by Crippen LogP contribution is -2.46. The topological polar surface area (TPSA) is 40.6 Å². The highest BCUT2D eigenvalue weighted by atomic mass is 32.2. The summed E-state index contributed by atoms with van der Waals surface area (Å²) in [7, 11) is -3.45. The average Bonchev–Trinajstić information content (AvgIpc) is 2.98. The molecule has 22 heavy (non-hydrogen) atoms. The summed E-state index contributed by atoms with van der Waals surface area (Å²) in [5, 5.41) is 0. The fraction of sp³-hybridized carbons (Fsp3) is 0.625. The first-order chi connectivity index (χ1) is 10.5. The lowest BCUT2D eigenvalue weighted by molar-refractivity contribution is 0.260. The van der Waals surface area contributed by atoms with E-state index in [1.165, 1.54) is 12.1 Å². The predicted molar refractivity (Wildman–Crippen MR) is 84.0 cm³/mol. The molecule has 0 bridgehead atoms. The van der Waals surface area contributed by atoms with E-state index in [1.807, 2.05) is 6.07 Å². The summed E-state index contributed by atoms with van der Waals surface area (Å²) in [6.45, 7) is 3.87. The van der Waals surface area contributed by atoms with Crippen molar-refractivity contribution in [3.63, 3.8) is 0 Å². The fourth-order valence-corrected chi connectivity index (χ4v) is 5.30. The minimum Gasteiger partial charge on any atom is -0.207 e. The van der Waals surface area contributed by atoms with E-state index >= 15 is 0 Å². The van der Waals surface area contributed by atoms with E-state index in [0.717, 1.165) is 31.2 Å². The second-order valence-corrected chi connectivity index (χ2v) is 8.29. The highest BCUT2D eigenvalue weighted by molar-refractivity contribution is 7.86. The second-order valence-electron chi connectivity index (χ2n) is 6.41. The molecule has 122 valence electrons. The number of halogens is 1. The van der Waals surface area contributed by atoms with Crippen molar-refractivity contribution in [1.29, 1.82) is 0 Å². The van der Waals surface area contributed by atoms with E-state index in [-0.39, 0.29) is 11.9 Å². The molecule has 0 radical (unpaired) electrons. The first-order valence-corrected chi connectivity index (χ1v) is 9.40. The lowest BCUT2D eigenvalue weighted by Gasteiger charge is -2.34. The monoisotopic (exact) mass is 326 g/mol. The third kappa shape index (κ3) is 3.05. The van der Waals surface area contributed by atoms with Gasteiger partial charge in [0.25, 0.3) is 10.2 Å². The molecular weight excluding hydrogens is 303 g/mol. The summed E-state index contributed by atoms with van der Waals surface area (Å²) >= 11 is 0. The number of hydrogen-bond donors (Lipinski definition) is 0. The molecule has 2 aliphatic heterocycles. The highest BCUT2D eigenvalue weighted by Crippen LogP contribution is 2.36. The molecule has 0 amide bonds. The van der Waals surface area contributed by atoms with Crippen LogP contribution in [0.1, 0.15) is 44.2 Å². The van der Waals surface area contributed by atoms with Gasteiger partial charge in [-0.05, 0) is 49.3 Å². The van der Waals surface area contributed by atoms with Crippen LogP contribution in [0.3, 0.4) is 0 Å². The molecule has 0 saturated carbocycles. The molecule has 1 aromatic carbocycles. The lowest BCUT2D eigenvalue weighted by atomic mass is 10.0. The third-order valence-electron chi connectivity index (χ3n) is 4.80. The van der Waals surface area contributed by atoms with Crippen LogP contribution in [0.5, 0.6) is 0 Å². The van der Waals surface area contributed by atoms with Crippen LogP contribution in [0, 0.1) is 11.7 Å². The Morgan fingerprint density at radius 2 is 1.86 bits per heavy atom. The Morgan fingerprint density at radius 3 is 2.55 bits per heavy atom. The Kier molecular flexibility index (Phi) is 4.52. The smallest absolute Gasteiger partial charge is 0.207 e. The van der Waals surface area contributed by atoms with Crippen molar-refractivity contribution in [3.8, 4) is 0 Å². The Balaban J connectivity index is 1.83. The maximum absolute atomic E-state index is 13.5. The summed E-state index contributed by atoms with van der Waals surface area (Å²) in [4.78, 5) is 0. The van der Waals surface area contributed by atoms with E-state index < -0.39 is 10.2 Å². The predicted octanol–water partition coefficient (Wildman–Crippen LogP) is 2.94. The van der Waals surface area contributed by atoms with E-state index in [9.17, 15) is 12.8 Å². The molecule has 3 rings (SSSR count). The summed E-state index contributed by atoms with van der Waals surface area (Å²) in [5.41, 5.74) is 0.756. The van der Waals surface area contributed by atoms with Gasteiger partial charge < -0.3 is 0 Å². The molecule has 0 unspecified atom stereocenters. The van der Waals surface area contributed by atoms with E-state index in [0.29, 0.717) is 25.6 Å². The van der Waals surface area contributed by atoms with Crippen molar-refractivity contribution in [2.45, 2.75) is 38.6 Å². The van der Waals surface area contributed by atoms with Crippen molar-refractivity contribution in [2.75, 3.05) is 19.6 Å². The van der Waals surface area contributed by atoms with Crippen molar-refractivity contribution < 1.29 is 12.8 Å². The molecule has 4 nitrogen and oxygen atoms in total. The quantitative estimate of drug-likeness (QED) is 0.857. The van der Waals surface area contributed by atoms with Gasteiger partial charge in [0.1, 0.15) is 5.82 Å². The van der Waals surface area contributed by atoms with Crippen molar-refractivity contribution >= 4 is 10.2 Å². The molecule has 2 saturated heterocycles. The SMILES string of the molecule is CC1CCN(S(=O)(=O)N2CCC[C@@H]2c2cccc(F)c2)CC1. The van der Waals surface area contributed by atoms with Gasteiger partial charge in [0.15, 0.2) is 0 Å². The zero-order valence-corrected chi connectivity index (χ0v) is 13.7. The second kappa shape index (κ2) is 6.26. The van der Waals surface area contributed by atoms with Gasteiger partial charge in [-0.1, -0.05) is 19.1 Å². The van der Waals surface area contributed by atoms with Crippen LogP contribution in [-0.4, -0.2) is 36.7 Å². The number of piperidine rings is 1. The molecule has 1 atom stereocenters. The number of hydrogen-bond acceptors (Lipinski definition) is 2. The van der Waals surface area contributed by atoms with Gasteiger partial charge in [0.2, 0.25) is 0 Å². The summed E-state index contributed by atoms with van der Waals surface area (Å²) in [5.74, 6) is 0.276. The third-order valence-corrected chi connectivity index (χ3v) is 6.85. The number of nitrogens with zero attached hydrogens (tertiary/aromatic N) is 2. The van der Waals surface area contributed by atoms with Crippen molar-refractivity contribution in [3.05, 3.63) is 35.6 Å². The number of benzene rings is 1. The van der Waals surface area contributed by atoms with Crippen LogP contribution in [0.25, 0.3) is 0 Å². The maximum atomic E-state index is 13.5. The molecule has 2 aliphatic rings. The minimum absolute atomic E-state index is 0.236. The highest BCUT2D eigenvalue weighted by Gasteiger charge is 2.39. The molecule has 6 heteroatoms. The van der Waals surface area contributed by atoms with Crippen molar-refractivity contribution in [2.24, 2.45) is 5.92 Å². The van der Waals surface area contributed by atoms with Crippen LogP contribution < -0.4 is 0 Å². The van der Waals surface area contributed by atoms with Crippen LogP contribution in [-0.2, 0) is 10.2 Å². The molecular formula is C16H23FN2O2S. The zero-order chi connectivity index (χ0) is 15.7. The first-order valence-electron chi connectivity index (χ1n) is 8.01. The van der Waals surface area contributed by atoms with Crippen molar-refractivity contribution in [1.82, 2.24) is 8.61 Å². The molecule has 0 aromatic heterocycles. The van der Waals surface area contributed by atoms with Gasteiger partial charge in [-0.25, -0.2) is 4.39 Å². The molecule has 0 N–H and O–H groups in total. The summed E-state index contributed by atoms with van der Waals surface area (Å²) in [6.07, 6.45) is 3.41. The fourth-order valence-electron chi connectivity index (χ4n) is 3.43. The zero-order valence-electron chi connectivity index (χ0n) is 12.9. The molecule has 0 spiro atoms. The van der Waals surface area contributed by atoms with E-state index in [1.54, 1.807) is 14.7 Å². The van der Waals surface area contributed by atoms with Gasteiger partial charge in [-0.3, -0.25) is 0 Å². The van der Waals surface area contributed by atoms with Gasteiger partial charge in [0.05, 0.1) is 6.04 Å². The van der Waals surface area contributed by atoms with Gasteiger partial charge in [0, 0.05) is 19.6 Å². The largest absolute Gasteiger partial charge is 0.282 e. The van der Waals surface area contributed by atoms with Crippen LogP contribution in [0.15, 0.2) is 24.3 Å². The standard InChI is InChI=1S/C16H23FN2O2S/c1-13-7-10-18(11-8-13)22(20,21)19-9-3-6-16(19)14-4-2-5-15(17)12-14/h2,4-5,12-13,16H,3,6-11H2,1H3/t16-/m1/s1. The molecule has 0 aliphatic carbocycles. The average molecular weight is 326 g/mol. The summed E-state index contributed by atoms with van der Waals surface area (Å²) < 4.78 is 42.5. The van der Waals surface area contributed by atoms with E-state index in [2.05, 4.69) is 6.92 Å². The maximum Gasteiger partial charge on any atom is 0.282 e. The molecule has 2 heterocycles. The van der Waals surface area contributed by atoms with Gasteiger partial charge in [-0.2, -0.15) is 17.0 Å². The summed E-state index contributed by atoms with van der Waals surface area (Å²) in [6, 6.07) is 6.08. The van der Waals surface area contributed by atoms with Crippen LogP contribution >= 0.6 is 0 Å². The molecule has 1 aromatic rings. The first kappa shape index (κ1) is 15.9. The normalized spacial score (nSPS) is 25.6. The Morgan fingerprint density at radius 1 is 1.14 bits per heavy atom. The number of rotatable bonds is 3. The van der Waals surface area contributed by atoms with E-state index in [4.69, 9.17) is 0 Å². The Labute approximate surface area is 132 Å². The molecule has 2 fully saturated rings. The minimum atomic E-state index is -3.45. The Hall–Kier alpha value is -0.980. The van der Waals surface area contributed by atoms with Crippen LogP contribution in [0.4, 0.5) is 4.39 Å². The van der Waals surface area contributed by atoms with Gasteiger partial charge >= 0.3 is 0 Å².